The van der Waals surface area contributed by atoms with Gasteiger partial charge >= 0.3 is 23.9 Å². The van der Waals surface area contributed by atoms with Crippen LogP contribution in [0.4, 0.5) is 11.4 Å². The van der Waals surface area contributed by atoms with E-state index in [4.69, 9.17) is 18.9 Å². The van der Waals surface area contributed by atoms with Gasteiger partial charge in [0.1, 0.15) is 6.61 Å². The van der Waals surface area contributed by atoms with Gasteiger partial charge in [-0.2, -0.15) is 0 Å². The van der Waals surface area contributed by atoms with E-state index in [1.54, 1.807) is 0 Å². The number of benzene rings is 1. The fraction of sp³-hybridized carbons (Fsp3) is 0.421. The molecule has 0 fully saturated rings. The van der Waals surface area contributed by atoms with Crippen molar-refractivity contribution in [3.05, 3.63) is 34.4 Å². The summed E-state index contributed by atoms with van der Waals surface area (Å²) in [7, 11) is 0. The molecule has 0 saturated heterocycles. The van der Waals surface area contributed by atoms with Crippen molar-refractivity contribution in [2.45, 2.75) is 46.0 Å². The number of nitro groups is 1. The average Bonchev–Trinajstić information content (AvgIpc) is 2.67. The molecule has 1 aromatic carbocycles. The number of hydrogen-bond acceptors (Lipinski definition) is 11. The third kappa shape index (κ3) is 8.77. The zero-order valence-corrected chi connectivity index (χ0v) is 17.7. The fourth-order valence-electron chi connectivity index (χ4n) is 2.46. The van der Waals surface area contributed by atoms with Gasteiger partial charge in [-0.15, -0.1) is 0 Å². The van der Waals surface area contributed by atoms with Crippen LogP contribution in [0.25, 0.3) is 0 Å². The minimum atomic E-state index is -1.83. The SMILES string of the molecule is CC(=O)OC[C@@H](OC(C)=O)[C@H](OC(C)=O)[C@H](OC(C)=O)C(=O)Nc1ccc([N+](=O)[O-])cc1. The van der Waals surface area contributed by atoms with Gasteiger partial charge < -0.3 is 24.3 Å². The molecule has 13 nitrogen and oxygen atoms in total. The average molecular weight is 454 g/mol. The van der Waals surface area contributed by atoms with E-state index < -0.39 is 59.6 Å². The van der Waals surface area contributed by atoms with Gasteiger partial charge in [0.15, 0.2) is 12.2 Å². The third-order valence-electron chi connectivity index (χ3n) is 3.63. The van der Waals surface area contributed by atoms with E-state index in [2.05, 4.69) is 5.32 Å². The second-order valence-electron chi connectivity index (χ2n) is 6.35. The number of amides is 1. The molecule has 0 unspecified atom stereocenters. The van der Waals surface area contributed by atoms with Gasteiger partial charge in [0, 0.05) is 45.5 Å². The quantitative estimate of drug-likeness (QED) is 0.230. The van der Waals surface area contributed by atoms with Crippen molar-refractivity contribution in [2.24, 2.45) is 0 Å². The molecule has 0 aliphatic carbocycles. The van der Waals surface area contributed by atoms with Gasteiger partial charge in [0.25, 0.3) is 11.6 Å². The van der Waals surface area contributed by atoms with Crippen LogP contribution in [0, 0.1) is 10.1 Å². The number of hydrogen-bond donors (Lipinski definition) is 1. The Balaban J connectivity index is 3.27. The number of carbonyl (C=O) groups is 5. The first-order valence-corrected chi connectivity index (χ1v) is 9.11. The van der Waals surface area contributed by atoms with Gasteiger partial charge in [0.05, 0.1) is 4.92 Å². The molecule has 0 spiro atoms. The topological polar surface area (TPSA) is 177 Å². The Morgan fingerprint density at radius 1 is 0.875 bits per heavy atom. The summed E-state index contributed by atoms with van der Waals surface area (Å²) in [5.74, 6) is -4.43. The van der Waals surface area contributed by atoms with Crippen molar-refractivity contribution in [3.8, 4) is 0 Å². The lowest BCUT2D eigenvalue weighted by Crippen LogP contribution is -2.52. The third-order valence-corrected chi connectivity index (χ3v) is 3.63. The summed E-state index contributed by atoms with van der Waals surface area (Å²) in [5.41, 5.74) is -0.128. The summed E-state index contributed by atoms with van der Waals surface area (Å²) in [6, 6.07) is 4.71. The number of nitro benzene ring substituents is 1. The molecule has 3 atom stereocenters. The van der Waals surface area contributed by atoms with E-state index in [1.807, 2.05) is 0 Å². The second kappa shape index (κ2) is 12.0. The standard InChI is InChI=1S/C19H22N2O11/c1-10(22)29-9-16(30-11(2)23)17(31-12(3)24)18(32-13(4)25)19(26)20-14-5-7-15(8-6-14)21(27)28/h5-8,16-18H,9H2,1-4H3,(H,20,26)/t16-,17+,18+/m1/s1. The summed E-state index contributed by atoms with van der Waals surface area (Å²) in [6.45, 7) is 3.50. The van der Waals surface area contributed by atoms with Crippen molar-refractivity contribution >= 4 is 41.2 Å². The van der Waals surface area contributed by atoms with Crippen LogP contribution >= 0.6 is 0 Å². The highest BCUT2D eigenvalue weighted by Gasteiger charge is 2.42. The van der Waals surface area contributed by atoms with E-state index in [-0.39, 0.29) is 11.4 Å². The second-order valence-corrected chi connectivity index (χ2v) is 6.35. The molecule has 174 valence electrons. The summed E-state index contributed by atoms with van der Waals surface area (Å²) >= 11 is 0. The molecule has 0 aliphatic rings. The fourth-order valence-corrected chi connectivity index (χ4v) is 2.46. The van der Waals surface area contributed by atoms with E-state index in [0.717, 1.165) is 39.8 Å². The van der Waals surface area contributed by atoms with Crippen LogP contribution in [-0.2, 0) is 42.9 Å². The number of carbonyl (C=O) groups excluding carboxylic acids is 5. The number of non-ortho nitro benzene ring substituents is 1. The van der Waals surface area contributed by atoms with Crippen LogP contribution in [0.2, 0.25) is 0 Å². The molecule has 1 aromatic rings. The number of ether oxygens (including phenoxy) is 4. The lowest BCUT2D eigenvalue weighted by atomic mass is 10.1. The molecule has 0 bridgehead atoms. The number of nitrogens with one attached hydrogen (secondary N) is 1. The van der Waals surface area contributed by atoms with Gasteiger partial charge in [-0.1, -0.05) is 0 Å². The Morgan fingerprint density at radius 2 is 1.41 bits per heavy atom. The maximum absolute atomic E-state index is 12.9. The van der Waals surface area contributed by atoms with Crippen molar-refractivity contribution < 1.29 is 47.8 Å². The Bertz CT molecular complexity index is 882. The van der Waals surface area contributed by atoms with Crippen molar-refractivity contribution in [2.75, 3.05) is 11.9 Å². The Labute approximate surface area is 182 Å². The van der Waals surface area contributed by atoms with Gasteiger partial charge in [0.2, 0.25) is 6.10 Å². The molecular formula is C19H22N2O11. The lowest BCUT2D eigenvalue weighted by molar-refractivity contribution is -0.384. The van der Waals surface area contributed by atoms with E-state index in [1.165, 1.54) is 12.1 Å². The van der Waals surface area contributed by atoms with Crippen LogP contribution in [0.3, 0.4) is 0 Å². The van der Waals surface area contributed by atoms with Crippen LogP contribution in [0.1, 0.15) is 27.7 Å². The zero-order chi connectivity index (χ0) is 24.4. The number of rotatable bonds is 10. The van der Waals surface area contributed by atoms with Crippen molar-refractivity contribution in [3.63, 3.8) is 0 Å². The maximum Gasteiger partial charge on any atom is 0.303 e. The van der Waals surface area contributed by atoms with Crippen LogP contribution in [0.5, 0.6) is 0 Å². The molecule has 13 heteroatoms. The summed E-state index contributed by atoms with van der Waals surface area (Å²) in [5, 5.41) is 13.1. The van der Waals surface area contributed by atoms with Crippen molar-refractivity contribution in [1.29, 1.82) is 0 Å². The van der Waals surface area contributed by atoms with Crippen LogP contribution in [-0.4, -0.2) is 59.6 Å². The number of nitrogens with zero attached hydrogens (tertiary/aromatic N) is 1. The first-order chi connectivity index (χ1) is 14.9. The van der Waals surface area contributed by atoms with Crippen molar-refractivity contribution in [1.82, 2.24) is 0 Å². The highest BCUT2D eigenvalue weighted by Crippen LogP contribution is 2.19. The molecule has 1 rings (SSSR count). The Kier molecular flexibility index (Phi) is 9.73. The van der Waals surface area contributed by atoms with Crippen LogP contribution < -0.4 is 5.32 Å². The maximum atomic E-state index is 12.9. The molecule has 0 saturated carbocycles. The van der Waals surface area contributed by atoms with E-state index in [9.17, 15) is 34.1 Å². The summed E-state index contributed by atoms with van der Waals surface area (Å²) in [6.07, 6.45) is -5.00. The predicted molar refractivity (Wildman–Crippen MR) is 105 cm³/mol. The molecular weight excluding hydrogens is 432 g/mol. The monoisotopic (exact) mass is 454 g/mol. The highest BCUT2D eigenvalue weighted by molar-refractivity contribution is 5.96. The molecule has 1 amide bonds. The predicted octanol–water partition coefficient (Wildman–Crippen LogP) is 0.892. The minimum absolute atomic E-state index is 0.100. The van der Waals surface area contributed by atoms with Gasteiger partial charge in [-0.05, 0) is 12.1 Å². The largest absolute Gasteiger partial charge is 0.462 e. The summed E-state index contributed by atoms with van der Waals surface area (Å²) in [4.78, 5) is 69.0. The van der Waals surface area contributed by atoms with Gasteiger partial charge in [-0.25, -0.2) is 0 Å². The first-order valence-electron chi connectivity index (χ1n) is 9.11. The van der Waals surface area contributed by atoms with E-state index in [0.29, 0.717) is 0 Å². The molecule has 0 heterocycles. The van der Waals surface area contributed by atoms with Gasteiger partial charge in [-0.3, -0.25) is 34.1 Å². The summed E-state index contributed by atoms with van der Waals surface area (Å²) < 4.78 is 19.9. The zero-order valence-electron chi connectivity index (χ0n) is 17.7. The van der Waals surface area contributed by atoms with Crippen LogP contribution in [0.15, 0.2) is 24.3 Å². The molecule has 0 aromatic heterocycles. The highest BCUT2D eigenvalue weighted by atomic mass is 16.6. The van der Waals surface area contributed by atoms with E-state index >= 15 is 0 Å². The smallest absolute Gasteiger partial charge is 0.303 e. The lowest BCUT2D eigenvalue weighted by Gasteiger charge is -2.30. The number of anilines is 1. The molecule has 32 heavy (non-hydrogen) atoms. The number of esters is 4. The molecule has 0 radical (unpaired) electrons. The Hall–Kier alpha value is -4.03. The molecule has 1 N–H and O–H groups in total. The normalized spacial score (nSPS) is 13.0. The minimum Gasteiger partial charge on any atom is -0.462 e. The first kappa shape index (κ1) is 26.0. The molecule has 0 aliphatic heterocycles. The Morgan fingerprint density at radius 3 is 1.84 bits per heavy atom.